The molecule has 4 N–H and O–H groups in total. The molecule has 2 unspecified atom stereocenters. The molecule has 1 aromatic carbocycles. The zero-order valence-electron chi connectivity index (χ0n) is 19.8. The summed E-state index contributed by atoms with van der Waals surface area (Å²) >= 11 is 0. The van der Waals surface area contributed by atoms with Gasteiger partial charge < -0.3 is 20.9 Å². The van der Waals surface area contributed by atoms with E-state index in [0.29, 0.717) is 29.5 Å². The Balaban J connectivity index is 1.49. The number of aromatic nitrogens is 3. The van der Waals surface area contributed by atoms with Crippen molar-refractivity contribution in [3.8, 4) is 0 Å². The second-order valence-electron chi connectivity index (χ2n) is 9.06. The molecule has 3 aromatic rings. The van der Waals surface area contributed by atoms with Crippen LogP contribution in [0.2, 0.25) is 0 Å². The molecule has 0 radical (unpaired) electrons. The van der Waals surface area contributed by atoms with Gasteiger partial charge in [-0.15, -0.1) is 0 Å². The summed E-state index contributed by atoms with van der Waals surface area (Å²) in [7, 11) is 0. The topological polar surface area (TPSA) is 107 Å². The van der Waals surface area contributed by atoms with Crippen LogP contribution in [0.3, 0.4) is 0 Å². The maximum absolute atomic E-state index is 12.1. The largest absolute Gasteiger partial charge is 0.368 e. The van der Waals surface area contributed by atoms with Gasteiger partial charge >= 0.3 is 6.03 Å². The van der Waals surface area contributed by atoms with Gasteiger partial charge in [0.1, 0.15) is 5.82 Å². The fraction of sp³-hybridized carbons (Fsp3) is 0.417. The number of nitrogens with zero attached hydrogens (tertiary/aromatic N) is 4. The zero-order valence-corrected chi connectivity index (χ0v) is 19.8. The fourth-order valence-electron chi connectivity index (χ4n) is 4.08. The number of carbonyl (C=O) groups excluding carboxylic acids is 1. The lowest BCUT2D eigenvalue weighted by Crippen LogP contribution is -2.54. The van der Waals surface area contributed by atoms with Gasteiger partial charge in [0.15, 0.2) is 5.65 Å². The highest BCUT2D eigenvalue weighted by atomic mass is 16.2. The van der Waals surface area contributed by atoms with Crippen LogP contribution in [-0.4, -0.2) is 52.2 Å². The van der Waals surface area contributed by atoms with Crippen LogP contribution in [0.1, 0.15) is 33.3 Å². The molecule has 33 heavy (non-hydrogen) atoms. The van der Waals surface area contributed by atoms with Crippen LogP contribution in [-0.2, 0) is 0 Å². The van der Waals surface area contributed by atoms with Crippen molar-refractivity contribution in [2.45, 2.75) is 52.7 Å². The van der Waals surface area contributed by atoms with Crippen LogP contribution in [0.4, 0.5) is 27.9 Å². The van der Waals surface area contributed by atoms with E-state index in [0.717, 1.165) is 29.7 Å². The van der Waals surface area contributed by atoms with Gasteiger partial charge in [0.05, 0.1) is 0 Å². The van der Waals surface area contributed by atoms with Crippen molar-refractivity contribution in [3.05, 3.63) is 42.1 Å². The average Bonchev–Trinajstić information content (AvgIpc) is 2.74. The molecule has 1 fully saturated rings. The smallest absolute Gasteiger partial charge is 0.320 e. The van der Waals surface area contributed by atoms with Crippen molar-refractivity contribution >= 4 is 40.2 Å². The van der Waals surface area contributed by atoms with Gasteiger partial charge in [0, 0.05) is 54.2 Å². The van der Waals surface area contributed by atoms with Gasteiger partial charge in [-0.05, 0) is 70.5 Å². The van der Waals surface area contributed by atoms with E-state index in [9.17, 15) is 4.79 Å². The molecule has 2 amide bonds. The molecule has 0 aliphatic carbocycles. The first-order valence-electron chi connectivity index (χ1n) is 11.4. The second-order valence-corrected chi connectivity index (χ2v) is 9.06. The number of nitrogens with one attached hydrogen (secondary N) is 4. The summed E-state index contributed by atoms with van der Waals surface area (Å²) in [5.41, 5.74) is 3.46. The van der Waals surface area contributed by atoms with E-state index in [4.69, 9.17) is 0 Å². The highest BCUT2D eigenvalue weighted by Crippen LogP contribution is 2.23. The van der Waals surface area contributed by atoms with Crippen LogP contribution in [0.25, 0.3) is 11.0 Å². The standard InChI is InChI=1S/C24H32N8O/c1-14(2)26-24(33)31-21-15(3)10-18-11-25-23(30-22(18)29-21)28-19-6-8-20(9-7-19)32-12-16(4)27-17(5)13-32/h6-11,14,16-17,27H,12-13H2,1-5H3,(H3,25,26,28,29,30,31,33). The van der Waals surface area contributed by atoms with Gasteiger partial charge in [-0.3, -0.25) is 5.32 Å². The van der Waals surface area contributed by atoms with Crippen LogP contribution >= 0.6 is 0 Å². The van der Waals surface area contributed by atoms with E-state index < -0.39 is 0 Å². The lowest BCUT2D eigenvalue weighted by molar-refractivity contribution is 0.250. The minimum absolute atomic E-state index is 0.0358. The van der Waals surface area contributed by atoms with E-state index in [1.807, 2.05) is 39.0 Å². The molecule has 1 saturated heterocycles. The number of anilines is 4. The number of carbonyl (C=O) groups is 1. The molecule has 2 aromatic heterocycles. The number of fused-ring (bicyclic) bond motifs is 1. The Morgan fingerprint density at radius 2 is 1.82 bits per heavy atom. The third-order valence-electron chi connectivity index (χ3n) is 5.46. The van der Waals surface area contributed by atoms with Crippen LogP contribution in [0.15, 0.2) is 36.5 Å². The Kier molecular flexibility index (Phi) is 6.60. The van der Waals surface area contributed by atoms with Crippen LogP contribution in [0.5, 0.6) is 0 Å². The molecule has 9 heteroatoms. The Hall–Kier alpha value is -3.46. The Bertz CT molecular complexity index is 1120. The highest BCUT2D eigenvalue weighted by molar-refractivity contribution is 5.91. The van der Waals surface area contributed by atoms with Gasteiger partial charge in [0.2, 0.25) is 5.95 Å². The maximum Gasteiger partial charge on any atom is 0.320 e. The number of pyridine rings is 1. The quantitative estimate of drug-likeness (QED) is 0.470. The van der Waals surface area contributed by atoms with E-state index in [1.54, 1.807) is 6.20 Å². The molecule has 2 atom stereocenters. The summed E-state index contributed by atoms with van der Waals surface area (Å²) in [4.78, 5) is 28.0. The summed E-state index contributed by atoms with van der Waals surface area (Å²) in [6.07, 6.45) is 1.74. The first-order chi connectivity index (χ1) is 15.8. The van der Waals surface area contributed by atoms with Gasteiger partial charge in [0.25, 0.3) is 0 Å². The minimum Gasteiger partial charge on any atom is -0.368 e. The van der Waals surface area contributed by atoms with Crippen LogP contribution in [0, 0.1) is 6.92 Å². The van der Waals surface area contributed by atoms with Crippen LogP contribution < -0.4 is 26.2 Å². The van der Waals surface area contributed by atoms with E-state index in [2.05, 4.69) is 67.1 Å². The number of urea groups is 1. The maximum atomic E-state index is 12.1. The predicted molar refractivity (Wildman–Crippen MR) is 133 cm³/mol. The minimum atomic E-state index is -0.291. The third kappa shape index (κ3) is 5.67. The number of benzene rings is 1. The Morgan fingerprint density at radius 3 is 2.48 bits per heavy atom. The van der Waals surface area contributed by atoms with E-state index >= 15 is 0 Å². The van der Waals surface area contributed by atoms with Crippen molar-refractivity contribution in [3.63, 3.8) is 0 Å². The summed E-state index contributed by atoms with van der Waals surface area (Å²) in [5.74, 6) is 0.933. The predicted octanol–water partition coefficient (Wildman–Crippen LogP) is 3.79. The van der Waals surface area contributed by atoms with Gasteiger partial charge in [-0.2, -0.15) is 4.98 Å². The number of hydrogen-bond donors (Lipinski definition) is 4. The van der Waals surface area contributed by atoms with Crippen molar-refractivity contribution in [1.29, 1.82) is 0 Å². The molecule has 0 saturated carbocycles. The Labute approximate surface area is 194 Å². The first kappa shape index (κ1) is 22.7. The fourth-order valence-corrected chi connectivity index (χ4v) is 4.08. The molecule has 9 nitrogen and oxygen atoms in total. The molecular weight excluding hydrogens is 416 g/mol. The number of aryl methyl sites for hydroxylation is 1. The van der Waals surface area contributed by atoms with E-state index in [-0.39, 0.29) is 12.1 Å². The van der Waals surface area contributed by atoms with Gasteiger partial charge in [-0.1, -0.05) is 0 Å². The SMILES string of the molecule is Cc1cc2cnc(Nc3ccc(N4CC(C)NC(C)C4)cc3)nc2nc1NC(=O)NC(C)C. The molecule has 0 spiro atoms. The average molecular weight is 449 g/mol. The number of hydrogen-bond acceptors (Lipinski definition) is 7. The molecule has 1 aliphatic rings. The summed E-state index contributed by atoms with van der Waals surface area (Å²) in [5, 5.41) is 13.2. The molecule has 0 bridgehead atoms. The molecule has 1 aliphatic heterocycles. The monoisotopic (exact) mass is 448 g/mol. The Morgan fingerprint density at radius 1 is 1.12 bits per heavy atom. The molecule has 174 valence electrons. The van der Waals surface area contributed by atoms with Crippen molar-refractivity contribution < 1.29 is 4.79 Å². The van der Waals surface area contributed by atoms with Crippen molar-refractivity contribution in [2.24, 2.45) is 0 Å². The summed E-state index contributed by atoms with van der Waals surface area (Å²) in [6.45, 7) is 12.1. The van der Waals surface area contributed by atoms with Crippen molar-refractivity contribution in [2.75, 3.05) is 28.6 Å². The third-order valence-corrected chi connectivity index (χ3v) is 5.46. The lowest BCUT2D eigenvalue weighted by atomic mass is 10.1. The molecular formula is C24H32N8O. The number of piperazine rings is 1. The van der Waals surface area contributed by atoms with Crippen molar-refractivity contribution in [1.82, 2.24) is 25.6 Å². The highest BCUT2D eigenvalue weighted by Gasteiger charge is 2.21. The first-order valence-corrected chi connectivity index (χ1v) is 11.4. The zero-order chi connectivity index (χ0) is 23.5. The summed E-state index contributed by atoms with van der Waals surface area (Å²) < 4.78 is 0. The normalized spacial score (nSPS) is 18.4. The molecule has 4 rings (SSSR count). The number of rotatable bonds is 5. The van der Waals surface area contributed by atoms with Gasteiger partial charge in [-0.25, -0.2) is 14.8 Å². The van der Waals surface area contributed by atoms with E-state index in [1.165, 1.54) is 5.69 Å². The lowest BCUT2D eigenvalue weighted by Gasteiger charge is -2.37. The second kappa shape index (κ2) is 9.58. The molecule has 3 heterocycles. The number of amides is 2. The summed E-state index contributed by atoms with van der Waals surface area (Å²) in [6, 6.07) is 10.9.